The molecule has 1 unspecified atom stereocenters. The zero-order valence-corrected chi connectivity index (χ0v) is 11.0. The van der Waals surface area contributed by atoms with Crippen LogP contribution in [0.15, 0.2) is 12.3 Å². The first kappa shape index (κ1) is 13.7. The molecule has 0 spiro atoms. The van der Waals surface area contributed by atoms with Crippen LogP contribution in [0.1, 0.15) is 30.6 Å². The minimum absolute atomic E-state index is 0.0997. The van der Waals surface area contributed by atoms with E-state index < -0.39 is 0 Å². The lowest BCUT2D eigenvalue weighted by Crippen LogP contribution is -2.34. The highest BCUT2D eigenvalue weighted by Crippen LogP contribution is 2.20. The standard InChI is InChI=1S/C11H17ClN4O/c1-4-7(2)16(3)11(17)8-5-9(12)10(15-13)14-6-8/h5-7H,4,13H2,1-3H3,(H,14,15). The Morgan fingerprint density at radius 3 is 2.82 bits per heavy atom. The second-order valence-corrected chi connectivity index (χ2v) is 4.28. The third-order valence-corrected chi connectivity index (χ3v) is 3.09. The fourth-order valence-electron chi connectivity index (χ4n) is 1.34. The van der Waals surface area contributed by atoms with Crippen molar-refractivity contribution >= 4 is 23.3 Å². The molecule has 0 aliphatic heterocycles. The highest BCUT2D eigenvalue weighted by atomic mass is 35.5. The van der Waals surface area contributed by atoms with Gasteiger partial charge in [0.2, 0.25) is 0 Å². The van der Waals surface area contributed by atoms with E-state index in [0.29, 0.717) is 16.4 Å². The number of amides is 1. The molecule has 0 bridgehead atoms. The summed E-state index contributed by atoms with van der Waals surface area (Å²) in [5.74, 6) is 5.47. The first-order valence-electron chi connectivity index (χ1n) is 5.40. The van der Waals surface area contributed by atoms with Gasteiger partial charge < -0.3 is 10.3 Å². The van der Waals surface area contributed by atoms with Gasteiger partial charge in [0.1, 0.15) is 0 Å². The van der Waals surface area contributed by atoms with Gasteiger partial charge in [-0.25, -0.2) is 10.8 Å². The van der Waals surface area contributed by atoms with Crippen LogP contribution in [-0.2, 0) is 0 Å². The number of aromatic nitrogens is 1. The normalized spacial score (nSPS) is 12.1. The quantitative estimate of drug-likeness (QED) is 0.638. The van der Waals surface area contributed by atoms with E-state index in [9.17, 15) is 4.79 Å². The number of pyridine rings is 1. The van der Waals surface area contributed by atoms with Crippen molar-refractivity contribution in [3.05, 3.63) is 22.8 Å². The summed E-state index contributed by atoms with van der Waals surface area (Å²) in [6, 6.07) is 1.74. The van der Waals surface area contributed by atoms with Crippen molar-refractivity contribution in [1.29, 1.82) is 0 Å². The van der Waals surface area contributed by atoms with E-state index in [1.54, 1.807) is 18.0 Å². The summed E-state index contributed by atoms with van der Waals surface area (Å²) in [6.45, 7) is 4.02. The van der Waals surface area contributed by atoms with Crippen LogP contribution in [0.5, 0.6) is 0 Å². The molecule has 0 aliphatic carbocycles. The van der Waals surface area contributed by atoms with E-state index in [0.717, 1.165) is 6.42 Å². The molecule has 0 aliphatic rings. The smallest absolute Gasteiger partial charge is 0.255 e. The Bertz CT molecular complexity index is 410. The van der Waals surface area contributed by atoms with Crippen molar-refractivity contribution in [2.45, 2.75) is 26.3 Å². The number of nitrogens with zero attached hydrogens (tertiary/aromatic N) is 2. The van der Waals surface area contributed by atoms with E-state index in [1.807, 2.05) is 13.8 Å². The average molecular weight is 257 g/mol. The van der Waals surface area contributed by atoms with E-state index >= 15 is 0 Å². The van der Waals surface area contributed by atoms with E-state index in [-0.39, 0.29) is 11.9 Å². The van der Waals surface area contributed by atoms with Crippen LogP contribution < -0.4 is 11.3 Å². The summed E-state index contributed by atoms with van der Waals surface area (Å²) in [7, 11) is 1.76. The van der Waals surface area contributed by atoms with Crippen molar-refractivity contribution in [1.82, 2.24) is 9.88 Å². The van der Waals surface area contributed by atoms with E-state index in [1.165, 1.54) is 6.20 Å². The number of halogens is 1. The van der Waals surface area contributed by atoms with Crippen molar-refractivity contribution in [2.24, 2.45) is 5.84 Å². The number of hydrogen-bond donors (Lipinski definition) is 2. The predicted octanol–water partition coefficient (Wildman–Crippen LogP) is 1.89. The maximum absolute atomic E-state index is 12.1. The zero-order valence-electron chi connectivity index (χ0n) is 10.2. The third kappa shape index (κ3) is 3.08. The summed E-state index contributed by atoms with van der Waals surface area (Å²) < 4.78 is 0. The number of carbonyl (C=O) groups is 1. The van der Waals surface area contributed by atoms with Crippen LogP contribution in [0.25, 0.3) is 0 Å². The lowest BCUT2D eigenvalue weighted by atomic mass is 10.2. The molecule has 1 atom stereocenters. The third-order valence-electron chi connectivity index (χ3n) is 2.80. The van der Waals surface area contributed by atoms with Crippen molar-refractivity contribution in [2.75, 3.05) is 12.5 Å². The highest BCUT2D eigenvalue weighted by molar-refractivity contribution is 6.33. The Balaban J connectivity index is 2.93. The van der Waals surface area contributed by atoms with Crippen molar-refractivity contribution in [3.63, 3.8) is 0 Å². The molecule has 1 rings (SSSR count). The largest absolute Gasteiger partial charge is 0.339 e. The fourth-order valence-corrected chi connectivity index (χ4v) is 1.56. The molecule has 94 valence electrons. The fraction of sp³-hybridized carbons (Fsp3) is 0.455. The Hall–Kier alpha value is -1.33. The Labute approximate surface area is 106 Å². The molecule has 6 heteroatoms. The maximum Gasteiger partial charge on any atom is 0.255 e. The van der Waals surface area contributed by atoms with Gasteiger partial charge in [-0.05, 0) is 19.4 Å². The van der Waals surface area contributed by atoms with Crippen molar-refractivity contribution < 1.29 is 4.79 Å². The number of hydrazine groups is 1. The molecule has 0 fully saturated rings. The minimum Gasteiger partial charge on any atom is -0.339 e. The van der Waals surface area contributed by atoms with Crippen LogP contribution in [0.4, 0.5) is 5.82 Å². The number of nitrogen functional groups attached to an aromatic ring is 1. The van der Waals surface area contributed by atoms with E-state index in [4.69, 9.17) is 17.4 Å². The maximum atomic E-state index is 12.1. The molecule has 0 radical (unpaired) electrons. The average Bonchev–Trinajstić information content (AvgIpc) is 2.35. The molecule has 1 aromatic heterocycles. The molecule has 1 aromatic rings. The van der Waals surface area contributed by atoms with E-state index in [2.05, 4.69) is 10.4 Å². The first-order chi connectivity index (χ1) is 8.01. The van der Waals surface area contributed by atoms with Gasteiger partial charge in [-0.2, -0.15) is 0 Å². The van der Waals surface area contributed by atoms with Gasteiger partial charge in [-0.3, -0.25) is 4.79 Å². The number of anilines is 1. The number of carbonyl (C=O) groups excluding carboxylic acids is 1. The number of nitrogens with two attached hydrogens (primary N) is 1. The zero-order chi connectivity index (χ0) is 13.0. The van der Waals surface area contributed by atoms with Crippen LogP contribution >= 0.6 is 11.6 Å². The van der Waals surface area contributed by atoms with Crippen molar-refractivity contribution in [3.8, 4) is 0 Å². The predicted molar refractivity (Wildman–Crippen MR) is 68.9 cm³/mol. The monoisotopic (exact) mass is 256 g/mol. The Morgan fingerprint density at radius 1 is 1.71 bits per heavy atom. The van der Waals surface area contributed by atoms with Crippen LogP contribution in [0.3, 0.4) is 0 Å². The number of rotatable bonds is 4. The molecule has 1 heterocycles. The molecule has 0 saturated heterocycles. The molecular formula is C11H17ClN4O. The topological polar surface area (TPSA) is 71.2 Å². The van der Waals surface area contributed by atoms with Gasteiger partial charge in [0, 0.05) is 19.3 Å². The first-order valence-corrected chi connectivity index (χ1v) is 5.78. The summed E-state index contributed by atoms with van der Waals surface area (Å²) >= 11 is 5.92. The van der Waals surface area contributed by atoms with Gasteiger partial charge in [0.25, 0.3) is 5.91 Å². The van der Waals surface area contributed by atoms with Gasteiger partial charge in [0.15, 0.2) is 5.82 Å². The van der Waals surface area contributed by atoms with Gasteiger partial charge >= 0.3 is 0 Å². The highest BCUT2D eigenvalue weighted by Gasteiger charge is 2.17. The second-order valence-electron chi connectivity index (χ2n) is 3.87. The summed E-state index contributed by atoms with van der Waals surface area (Å²) in [4.78, 5) is 17.7. The lowest BCUT2D eigenvalue weighted by molar-refractivity contribution is 0.0740. The van der Waals surface area contributed by atoms with Crippen LogP contribution in [0, 0.1) is 0 Å². The van der Waals surface area contributed by atoms with Crippen LogP contribution in [0.2, 0.25) is 5.02 Å². The molecule has 1 amide bonds. The Morgan fingerprint density at radius 2 is 2.35 bits per heavy atom. The summed E-state index contributed by atoms with van der Waals surface area (Å²) in [6.07, 6.45) is 2.36. The summed E-state index contributed by atoms with van der Waals surface area (Å²) in [5, 5.41) is 0.330. The minimum atomic E-state index is -0.0997. The van der Waals surface area contributed by atoms with Crippen LogP contribution in [-0.4, -0.2) is 28.9 Å². The number of hydrogen-bond acceptors (Lipinski definition) is 4. The van der Waals surface area contributed by atoms with Gasteiger partial charge in [-0.1, -0.05) is 18.5 Å². The molecular weight excluding hydrogens is 240 g/mol. The molecule has 5 nitrogen and oxygen atoms in total. The molecule has 3 N–H and O–H groups in total. The molecule has 0 saturated carbocycles. The Kier molecular flexibility index (Phi) is 4.72. The van der Waals surface area contributed by atoms with Gasteiger partial charge in [0.05, 0.1) is 10.6 Å². The van der Waals surface area contributed by atoms with Gasteiger partial charge in [-0.15, -0.1) is 0 Å². The number of nitrogens with one attached hydrogen (secondary N) is 1. The molecule has 0 aromatic carbocycles. The molecule has 17 heavy (non-hydrogen) atoms. The SMILES string of the molecule is CCC(C)N(C)C(=O)c1cnc(NN)c(Cl)c1. The summed E-state index contributed by atoms with van der Waals surface area (Å²) in [5.41, 5.74) is 2.81. The lowest BCUT2D eigenvalue weighted by Gasteiger charge is -2.23. The second kappa shape index (κ2) is 5.84.